The van der Waals surface area contributed by atoms with Crippen LogP contribution in [-0.2, 0) is 4.79 Å². The molecule has 1 heterocycles. The maximum atomic E-state index is 12.3. The van der Waals surface area contributed by atoms with Crippen molar-refractivity contribution in [3.63, 3.8) is 0 Å². The Labute approximate surface area is 161 Å². The summed E-state index contributed by atoms with van der Waals surface area (Å²) in [6.45, 7) is 1.73. The number of hydrazone groups is 1. The number of carbonyl (C=O) groups excluding carboxylic acids is 2. The average Bonchev–Trinajstić information content (AvgIpc) is 3.09. The van der Waals surface area contributed by atoms with Crippen molar-refractivity contribution in [2.24, 2.45) is 5.10 Å². The summed E-state index contributed by atoms with van der Waals surface area (Å²) >= 11 is 1.52. The van der Waals surface area contributed by atoms with E-state index in [0.29, 0.717) is 17.2 Å². The van der Waals surface area contributed by atoms with Gasteiger partial charge in [-0.15, -0.1) is 11.3 Å². The Bertz CT molecular complexity index is 822. The van der Waals surface area contributed by atoms with Crippen LogP contribution in [0.15, 0.2) is 28.7 Å². The van der Waals surface area contributed by atoms with Crippen molar-refractivity contribution in [1.29, 1.82) is 0 Å². The molecule has 0 bridgehead atoms. The second-order valence-corrected chi connectivity index (χ2v) is 6.31. The van der Waals surface area contributed by atoms with E-state index in [4.69, 9.17) is 14.2 Å². The van der Waals surface area contributed by atoms with Gasteiger partial charge in [-0.1, -0.05) is 0 Å². The molecule has 2 N–H and O–H groups in total. The first-order valence-electron chi connectivity index (χ1n) is 7.94. The number of ether oxygens (including phenoxy) is 3. The summed E-state index contributed by atoms with van der Waals surface area (Å²) in [4.78, 5) is 25.1. The summed E-state index contributed by atoms with van der Waals surface area (Å²) in [6.07, 6.45) is 1.57. The lowest BCUT2D eigenvalue weighted by molar-refractivity contribution is -0.120. The molecule has 1 aromatic carbocycles. The van der Waals surface area contributed by atoms with E-state index in [1.165, 1.54) is 44.8 Å². The molecule has 0 fully saturated rings. The standard InChI is InChI=1S/C18H21N3O5S/c1-11-5-6-27-15(11)9-20-21-16(22)10-19-18(23)12-7-13(24-2)17(26-4)14(8-12)25-3/h5-9H,10H2,1-4H3,(H,19,23)(H,21,22)/b20-9-. The van der Waals surface area contributed by atoms with Crippen molar-refractivity contribution in [2.75, 3.05) is 27.9 Å². The number of nitrogens with zero attached hydrogens (tertiary/aromatic N) is 1. The largest absolute Gasteiger partial charge is 0.493 e. The molecule has 2 aromatic rings. The molecule has 144 valence electrons. The molecule has 0 spiro atoms. The maximum absolute atomic E-state index is 12.3. The van der Waals surface area contributed by atoms with Gasteiger partial charge >= 0.3 is 0 Å². The van der Waals surface area contributed by atoms with E-state index in [-0.39, 0.29) is 12.1 Å². The fraction of sp³-hybridized carbons (Fsp3) is 0.278. The second kappa shape index (κ2) is 9.58. The maximum Gasteiger partial charge on any atom is 0.259 e. The number of hydrogen-bond acceptors (Lipinski definition) is 7. The molecule has 0 saturated heterocycles. The molecule has 1 aromatic heterocycles. The van der Waals surface area contributed by atoms with Crippen LogP contribution >= 0.6 is 11.3 Å². The first-order chi connectivity index (χ1) is 13.0. The second-order valence-electron chi connectivity index (χ2n) is 5.36. The summed E-state index contributed by atoms with van der Waals surface area (Å²) in [7, 11) is 4.39. The van der Waals surface area contributed by atoms with Crippen LogP contribution in [0.4, 0.5) is 0 Å². The minimum Gasteiger partial charge on any atom is -0.493 e. The van der Waals surface area contributed by atoms with Crippen molar-refractivity contribution in [3.05, 3.63) is 39.6 Å². The van der Waals surface area contributed by atoms with Gasteiger partial charge in [0.2, 0.25) is 5.75 Å². The first kappa shape index (κ1) is 20.2. The van der Waals surface area contributed by atoms with Crippen LogP contribution in [0.2, 0.25) is 0 Å². The Balaban J connectivity index is 1.96. The molecule has 0 aliphatic rings. The molecule has 0 unspecified atom stereocenters. The third kappa shape index (κ3) is 5.20. The third-order valence-electron chi connectivity index (χ3n) is 3.61. The quantitative estimate of drug-likeness (QED) is 0.530. The number of amides is 2. The molecular formula is C18H21N3O5S. The van der Waals surface area contributed by atoms with Crippen molar-refractivity contribution >= 4 is 29.4 Å². The Hall–Kier alpha value is -3.07. The van der Waals surface area contributed by atoms with Gasteiger partial charge in [0, 0.05) is 10.4 Å². The van der Waals surface area contributed by atoms with Crippen LogP contribution in [-0.4, -0.2) is 45.9 Å². The van der Waals surface area contributed by atoms with E-state index in [9.17, 15) is 9.59 Å². The predicted octanol–water partition coefficient (Wildman–Crippen LogP) is 1.96. The third-order valence-corrected chi connectivity index (χ3v) is 4.56. The normalized spacial score (nSPS) is 10.5. The highest BCUT2D eigenvalue weighted by atomic mass is 32.1. The molecule has 0 saturated carbocycles. The van der Waals surface area contributed by atoms with E-state index >= 15 is 0 Å². The van der Waals surface area contributed by atoms with Crippen LogP contribution in [0.1, 0.15) is 20.8 Å². The minimum absolute atomic E-state index is 0.226. The average molecular weight is 391 g/mol. The van der Waals surface area contributed by atoms with Crippen LogP contribution in [0.3, 0.4) is 0 Å². The van der Waals surface area contributed by atoms with Crippen molar-refractivity contribution in [2.45, 2.75) is 6.92 Å². The number of hydrogen-bond donors (Lipinski definition) is 2. The lowest BCUT2D eigenvalue weighted by Gasteiger charge is -2.14. The fourth-order valence-corrected chi connectivity index (χ4v) is 2.98. The summed E-state index contributed by atoms with van der Waals surface area (Å²) in [5.41, 5.74) is 3.72. The summed E-state index contributed by atoms with van der Waals surface area (Å²) in [6, 6.07) is 4.98. The minimum atomic E-state index is -0.456. The molecule has 2 amide bonds. The van der Waals surface area contributed by atoms with Gasteiger partial charge in [0.15, 0.2) is 11.5 Å². The number of carbonyl (C=O) groups is 2. The first-order valence-corrected chi connectivity index (χ1v) is 8.82. The van der Waals surface area contributed by atoms with Gasteiger partial charge in [0.05, 0.1) is 34.1 Å². The molecule has 2 rings (SSSR count). The molecule has 0 radical (unpaired) electrons. The van der Waals surface area contributed by atoms with Gasteiger partial charge < -0.3 is 19.5 Å². The van der Waals surface area contributed by atoms with Crippen LogP contribution < -0.4 is 25.0 Å². The molecule has 0 aliphatic heterocycles. The number of methoxy groups -OCH3 is 3. The lowest BCUT2D eigenvalue weighted by Crippen LogP contribution is -2.34. The number of rotatable bonds is 8. The summed E-state index contributed by atoms with van der Waals surface area (Å²) in [5, 5.41) is 8.34. The zero-order valence-corrected chi connectivity index (χ0v) is 16.3. The van der Waals surface area contributed by atoms with Gasteiger partial charge in [-0.2, -0.15) is 5.10 Å². The summed E-state index contributed by atoms with van der Waals surface area (Å²) in [5.74, 6) is 0.181. The highest BCUT2D eigenvalue weighted by Gasteiger charge is 2.17. The molecular weight excluding hydrogens is 370 g/mol. The number of thiophene rings is 1. The Kier molecular flexibility index (Phi) is 7.18. The smallest absolute Gasteiger partial charge is 0.259 e. The SMILES string of the molecule is COc1cc(C(=O)NCC(=O)N/N=C\c2sccc2C)cc(OC)c1OC. The zero-order chi connectivity index (χ0) is 19.8. The molecule has 27 heavy (non-hydrogen) atoms. The number of aryl methyl sites for hydroxylation is 1. The van der Waals surface area contributed by atoms with Gasteiger partial charge in [-0.05, 0) is 36.1 Å². The number of nitrogens with one attached hydrogen (secondary N) is 2. The van der Waals surface area contributed by atoms with E-state index in [0.717, 1.165) is 10.4 Å². The van der Waals surface area contributed by atoms with Crippen LogP contribution in [0.25, 0.3) is 0 Å². The zero-order valence-electron chi connectivity index (χ0n) is 15.5. The van der Waals surface area contributed by atoms with E-state index in [1.54, 1.807) is 6.21 Å². The topological polar surface area (TPSA) is 98.2 Å². The Morgan fingerprint density at radius 3 is 2.33 bits per heavy atom. The van der Waals surface area contributed by atoms with Gasteiger partial charge in [0.1, 0.15) is 0 Å². The fourth-order valence-electron chi connectivity index (χ4n) is 2.19. The highest BCUT2D eigenvalue weighted by molar-refractivity contribution is 7.11. The predicted molar refractivity (Wildman–Crippen MR) is 103 cm³/mol. The van der Waals surface area contributed by atoms with Gasteiger partial charge in [0.25, 0.3) is 11.8 Å². The van der Waals surface area contributed by atoms with Gasteiger partial charge in [-0.25, -0.2) is 5.43 Å². The van der Waals surface area contributed by atoms with E-state index in [2.05, 4.69) is 15.8 Å². The number of benzene rings is 1. The Morgan fingerprint density at radius 1 is 1.15 bits per heavy atom. The van der Waals surface area contributed by atoms with Crippen molar-refractivity contribution < 1.29 is 23.8 Å². The molecule has 8 nitrogen and oxygen atoms in total. The van der Waals surface area contributed by atoms with Crippen molar-refractivity contribution in [3.8, 4) is 17.2 Å². The van der Waals surface area contributed by atoms with E-state index < -0.39 is 11.8 Å². The van der Waals surface area contributed by atoms with Crippen LogP contribution in [0, 0.1) is 6.92 Å². The molecule has 0 aliphatic carbocycles. The van der Waals surface area contributed by atoms with Gasteiger partial charge in [-0.3, -0.25) is 9.59 Å². The molecule has 0 atom stereocenters. The van der Waals surface area contributed by atoms with Crippen LogP contribution in [0.5, 0.6) is 17.2 Å². The summed E-state index contributed by atoms with van der Waals surface area (Å²) < 4.78 is 15.6. The monoisotopic (exact) mass is 391 g/mol. The Morgan fingerprint density at radius 2 is 1.81 bits per heavy atom. The van der Waals surface area contributed by atoms with Crippen molar-refractivity contribution in [1.82, 2.24) is 10.7 Å². The highest BCUT2D eigenvalue weighted by Crippen LogP contribution is 2.38. The molecule has 9 heteroatoms. The van der Waals surface area contributed by atoms with E-state index in [1.807, 2.05) is 18.4 Å². The lowest BCUT2D eigenvalue weighted by atomic mass is 10.1.